The largest absolute Gasteiger partial charge is 0.491 e. The molecule has 0 saturated carbocycles. The molecule has 5 nitrogen and oxygen atoms in total. The summed E-state index contributed by atoms with van der Waals surface area (Å²) in [7, 11) is 0. The summed E-state index contributed by atoms with van der Waals surface area (Å²) in [5.41, 5.74) is -0.439. The topological polar surface area (TPSA) is 73.2 Å². The summed E-state index contributed by atoms with van der Waals surface area (Å²) in [4.78, 5) is 2.22. The van der Waals surface area contributed by atoms with Crippen LogP contribution < -0.4 is 0 Å². The molecule has 0 spiro atoms. The van der Waals surface area contributed by atoms with Crippen LogP contribution in [0.15, 0.2) is 24.0 Å². The average Bonchev–Trinajstić information content (AvgIpc) is 2.98. The summed E-state index contributed by atoms with van der Waals surface area (Å²) in [5, 5.41) is 30.5. The Morgan fingerprint density at radius 1 is 1.52 bits per heavy atom. The van der Waals surface area contributed by atoms with Crippen molar-refractivity contribution in [3.05, 3.63) is 24.0 Å². The van der Waals surface area contributed by atoms with Crippen molar-refractivity contribution >= 4 is 0 Å². The first kappa shape index (κ1) is 16.5. The summed E-state index contributed by atoms with van der Waals surface area (Å²) in [6, 6.07) is 0.0245. The predicted octanol–water partition coefficient (Wildman–Crippen LogP) is 0.660. The van der Waals surface area contributed by atoms with Gasteiger partial charge in [0.15, 0.2) is 0 Å². The van der Waals surface area contributed by atoms with Crippen molar-refractivity contribution in [3.63, 3.8) is 0 Å². The third-order valence-electron chi connectivity index (χ3n) is 4.81. The van der Waals surface area contributed by atoms with E-state index in [4.69, 9.17) is 4.74 Å². The molecule has 0 aromatic heterocycles. The van der Waals surface area contributed by atoms with Crippen molar-refractivity contribution in [3.8, 4) is 0 Å². The van der Waals surface area contributed by atoms with Gasteiger partial charge >= 0.3 is 0 Å². The molecule has 0 bridgehead atoms. The van der Waals surface area contributed by atoms with Gasteiger partial charge in [-0.05, 0) is 24.8 Å². The van der Waals surface area contributed by atoms with Crippen LogP contribution in [0.1, 0.15) is 27.2 Å². The number of hydrogen-bond acceptors (Lipinski definition) is 5. The van der Waals surface area contributed by atoms with E-state index >= 15 is 0 Å². The Labute approximate surface area is 126 Å². The number of nitrogens with zero attached hydrogens (tertiary/aromatic N) is 1. The van der Waals surface area contributed by atoms with Gasteiger partial charge in [-0.3, -0.25) is 4.90 Å². The van der Waals surface area contributed by atoms with Gasteiger partial charge in [0.05, 0.1) is 18.2 Å². The first-order chi connectivity index (χ1) is 9.78. The fourth-order valence-electron chi connectivity index (χ4n) is 3.35. The van der Waals surface area contributed by atoms with E-state index in [1.165, 1.54) is 6.92 Å². The van der Waals surface area contributed by atoms with Crippen LogP contribution in [-0.4, -0.2) is 63.8 Å². The van der Waals surface area contributed by atoms with Crippen LogP contribution in [0.2, 0.25) is 0 Å². The lowest BCUT2D eigenvalue weighted by Crippen LogP contribution is -2.47. The van der Waals surface area contributed by atoms with E-state index in [2.05, 4.69) is 17.6 Å². The molecule has 4 unspecified atom stereocenters. The molecule has 0 amide bonds. The normalized spacial score (nSPS) is 30.0. The SMILES string of the molecule is C=C(OCC1=CCN2CCC(O)C12)C(O)(C(C)C)C(C)O. The maximum Gasteiger partial charge on any atom is 0.148 e. The van der Waals surface area contributed by atoms with E-state index in [-0.39, 0.29) is 23.8 Å². The van der Waals surface area contributed by atoms with Gasteiger partial charge in [-0.25, -0.2) is 0 Å². The summed E-state index contributed by atoms with van der Waals surface area (Å²) < 4.78 is 5.66. The minimum Gasteiger partial charge on any atom is -0.491 e. The first-order valence-electron chi connectivity index (χ1n) is 7.62. The van der Waals surface area contributed by atoms with Crippen LogP contribution in [0.5, 0.6) is 0 Å². The molecule has 2 aliphatic heterocycles. The van der Waals surface area contributed by atoms with Gasteiger partial charge in [0, 0.05) is 13.1 Å². The van der Waals surface area contributed by atoms with Crippen molar-refractivity contribution in [2.45, 2.75) is 51.0 Å². The van der Waals surface area contributed by atoms with Crippen LogP contribution in [0.3, 0.4) is 0 Å². The van der Waals surface area contributed by atoms with Gasteiger partial charge in [0.2, 0.25) is 0 Å². The van der Waals surface area contributed by atoms with E-state index in [9.17, 15) is 15.3 Å². The highest BCUT2D eigenvalue weighted by atomic mass is 16.5. The van der Waals surface area contributed by atoms with Crippen molar-refractivity contribution in [2.24, 2.45) is 5.92 Å². The third-order valence-corrected chi connectivity index (χ3v) is 4.81. The van der Waals surface area contributed by atoms with Crippen LogP contribution >= 0.6 is 0 Å². The third kappa shape index (κ3) is 2.88. The zero-order valence-corrected chi connectivity index (χ0v) is 13.1. The Hall–Kier alpha value is -0.880. The molecule has 1 saturated heterocycles. The zero-order valence-electron chi connectivity index (χ0n) is 13.1. The molecule has 4 atom stereocenters. The van der Waals surface area contributed by atoms with E-state index in [1.54, 1.807) is 0 Å². The maximum atomic E-state index is 10.6. The van der Waals surface area contributed by atoms with Crippen LogP contribution in [0, 0.1) is 5.92 Å². The van der Waals surface area contributed by atoms with Crippen molar-refractivity contribution in [1.29, 1.82) is 0 Å². The van der Waals surface area contributed by atoms with Crippen LogP contribution in [0.25, 0.3) is 0 Å². The van der Waals surface area contributed by atoms with Crippen molar-refractivity contribution in [1.82, 2.24) is 4.90 Å². The van der Waals surface area contributed by atoms with Crippen LogP contribution in [0.4, 0.5) is 0 Å². The molecule has 0 aromatic rings. The maximum absolute atomic E-state index is 10.6. The average molecular weight is 297 g/mol. The number of aliphatic hydroxyl groups excluding tert-OH is 2. The molecule has 2 aliphatic rings. The first-order valence-corrected chi connectivity index (χ1v) is 7.62. The number of aliphatic hydroxyl groups is 3. The molecule has 21 heavy (non-hydrogen) atoms. The molecular formula is C16H27NO4. The molecule has 0 aliphatic carbocycles. The quantitative estimate of drug-likeness (QED) is 0.496. The Bertz CT molecular complexity index is 422. The van der Waals surface area contributed by atoms with E-state index in [1.807, 2.05) is 13.8 Å². The Morgan fingerprint density at radius 3 is 2.76 bits per heavy atom. The summed E-state index contributed by atoms with van der Waals surface area (Å²) in [6.45, 7) is 11.0. The minimum atomic E-state index is -1.47. The summed E-state index contributed by atoms with van der Waals surface area (Å²) in [5.74, 6) is -0.0320. The molecule has 0 aromatic carbocycles. The fraction of sp³-hybridized carbons (Fsp3) is 0.750. The molecule has 0 radical (unpaired) electrons. The Balaban J connectivity index is 1.98. The summed E-state index contributed by atoms with van der Waals surface area (Å²) in [6.07, 6.45) is 1.54. The second kappa shape index (κ2) is 6.08. The standard InChI is InChI=1S/C16H27NO4/c1-10(2)16(20,11(3)18)12(4)21-9-13-5-7-17-8-6-14(19)15(13)17/h5,10-11,14-15,18-20H,4,6-9H2,1-3H3. The van der Waals surface area contributed by atoms with Crippen molar-refractivity contribution < 1.29 is 20.1 Å². The number of fused-ring (bicyclic) bond motifs is 1. The molecular weight excluding hydrogens is 270 g/mol. The fourth-order valence-corrected chi connectivity index (χ4v) is 3.35. The van der Waals surface area contributed by atoms with Gasteiger partial charge in [0.25, 0.3) is 0 Å². The van der Waals surface area contributed by atoms with Gasteiger partial charge in [-0.2, -0.15) is 0 Å². The van der Waals surface area contributed by atoms with E-state index < -0.39 is 11.7 Å². The molecule has 5 heteroatoms. The number of ether oxygens (including phenoxy) is 1. The lowest BCUT2D eigenvalue weighted by atomic mass is 9.84. The molecule has 3 N–H and O–H groups in total. The van der Waals surface area contributed by atoms with Crippen LogP contribution in [-0.2, 0) is 4.74 Å². The number of rotatable bonds is 6. The minimum absolute atomic E-state index is 0.0245. The zero-order chi connectivity index (χ0) is 15.8. The number of hydrogen-bond donors (Lipinski definition) is 3. The Kier molecular flexibility index (Phi) is 4.78. The van der Waals surface area contributed by atoms with Gasteiger partial charge in [-0.1, -0.05) is 26.5 Å². The smallest absolute Gasteiger partial charge is 0.148 e. The molecule has 2 rings (SSSR count). The van der Waals surface area contributed by atoms with E-state index in [0.717, 1.165) is 25.1 Å². The Morgan fingerprint density at radius 2 is 2.19 bits per heavy atom. The highest BCUT2D eigenvalue weighted by Crippen LogP contribution is 2.32. The predicted molar refractivity (Wildman–Crippen MR) is 80.6 cm³/mol. The van der Waals surface area contributed by atoms with Gasteiger partial charge in [0.1, 0.15) is 18.0 Å². The van der Waals surface area contributed by atoms with Crippen molar-refractivity contribution in [2.75, 3.05) is 19.7 Å². The lowest BCUT2D eigenvalue weighted by molar-refractivity contribution is -0.100. The second-order valence-corrected chi connectivity index (χ2v) is 6.44. The monoisotopic (exact) mass is 297 g/mol. The molecule has 2 heterocycles. The second-order valence-electron chi connectivity index (χ2n) is 6.44. The highest BCUT2D eigenvalue weighted by Gasteiger charge is 2.42. The summed E-state index contributed by atoms with van der Waals surface area (Å²) >= 11 is 0. The van der Waals surface area contributed by atoms with Gasteiger partial charge in [-0.15, -0.1) is 0 Å². The molecule has 120 valence electrons. The molecule has 1 fully saturated rings. The van der Waals surface area contributed by atoms with Gasteiger partial charge < -0.3 is 20.1 Å². The highest BCUT2D eigenvalue weighted by molar-refractivity contribution is 5.24. The lowest BCUT2D eigenvalue weighted by Gasteiger charge is -2.36. The van der Waals surface area contributed by atoms with E-state index in [0.29, 0.717) is 6.61 Å².